The quantitative estimate of drug-likeness (QED) is 0.594. The summed E-state index contributed by atoms with van der Waals surface area (Å²) < 4.78 is 0. The van der Waals surface area contributed by atoms with Crippen molar-refractivity contribution in [1.29, 1.82) is 0 Å². The van der Waals surface area contributed by atoms with Gasteiger partial charge in [-0.1, -0.05) is 13.8 Å². The Morgan fingerprint density at radius 2 is 1.90 bits per heavy atom. The highest BCUT2D eigenvalue weighted by molar-refractivity contribution is 5.81. The number of rotatable bonds is 10. The number of nitrogens with zero attached hydrogens (tertiary/aromatic N) is 1. The zero-order valence-electron chi connectivity index (χ0n) is 12.9. The standard InChI is InChI=1S/C15H26N2O4/c1-11(2)10-17(9-7-14(19)20)13(18)4-3-8-16-15(21)12-5-6-12/h11-12H,3-10H2,1-2H3,(H,16,21)(H,19,20). The normalized spacial score (nSPS) is 14.0. The lowest BCUT2D eigenvalue weighted by molar-refractivity contribution is -0.138. The molecule has 0 heterocycles. The summed E-state index contributed by atoms with van der Waals surface area (Å²) in [6.45, 7) is 5.32. The van der Waals surface area contributed by atoms with Crippen LogP contribution in [0, 0.1) is 11.8 Å². The highest BCUT2D eigenvalue weighted by atomic mass is 16.4. The topological polar surface area (TPSA) is 86.7 Å². The first-order chi connectivity index (χ1) is 9.90. The molecule has 6 nitrogen and oxygen atoms in total. The Labute approximate surface area is 125 Å². The van der Waals surface area contributed by atoms with Crippen LogP contribution < -0.4 is 5.32 Å². The Balaban J connectivity index is 2.25. The van der Waals surface area contributed by atoms with E-state index in [-0.39, 0.29) is 30.7 Å². The first-order valence-electron chi connectivity index (χ1n) is 7.67. The fourth-order valence-electron chi connectivity index (χ4n) is 2.09. The van der Waals surface area contributed by atoms with E-state index in [9.17, 15) is 14.4 Å². The van der Waals surface area contributed by atoms with E-state index in [0.717, 1.165) is 12.8 Å². The van der Waals surface area contributed by atoms with Crippen LogP contribution in [0.2, 0.25) is 0 Å². The highest BCUT2D eigenvalue weighted by Crippen LogP contribution is 2.28. The van der Waals surface area contributed by atoms with Gasteiger partial charge in [0.1, 0.15) is 0 Å². The van der Waals surface area contributed by atoms with Crippen LogP contribution in [0.5, 0.6) is 0 Å². The molecule has 0 spiro atoms. The van der Waals surface area contributed by atoms with Gasteiger partial charge in [-0.2, -0.15) is 0 Å². The number of carboxylic acid groups (broad SMARTS) is 1. The van der Waals surface area contributed by atoms with Crippen molar-refractivity contribution in [3.05, 3.63) is 0 Å². The molecule has 6 heteroatoms. The van der Waals surface area contributed by atoms with E-state index >= 15 is 0 Å². The Bertz CT molecular complexity index is 378. The Morgan fingerprint density at radius 1 is 1.24 bits per heavy atom. The van der Waals surface area contributed by atoms with Gasteiger partial charge in [-0.3, -0.25) is 14.4 Å². The summed E-state index contributed by atoms with van der Waals surface area (Å²) in [6, 6.07) is 0. The van der Waals surface area contributed by atoms with Crippen molar-refractivity contribution in [2.75, 3.05) is 19.6 Å². The summed E-state index contributed by atoms with van der Waals surface area (Å²) in [5.41, 5.74) is 0. The summed E-state index contributed by atoms with van der Waals surface area (Å²) in [7, 11) is 0. The second-order valence-corrected chi connectivity index (χ2v) is 6.05. The second kappa shape index (κ2) is 8.64. The fourth-order valence-corrected chi connectivity index (χ4v) is 2.09. The molecule has 0 aromatic rings. The van der Waals surface area contributed by atoms with Crippen LogP contribution in [0.1, 0.15) is 46.0 Å². The van der Waals surface area contributed by atoms with Crippen molar-refractivity contribution in [3.63, 3.8) is 0 Å². The molecule has 21 heavy (non-hydrogen) atoms. The van der Waals surface area contributed by atoms with Crippen LogP contribution >= 0.6 is 0 Å². The molecule has 1 saturated carbocycles. The van der Waals surface area contributed by atoms with Crippen molar-refractivity contribution in [2.24, 2.45) is 11.8 Å². The molecule has 1 rings (SSSR count). The lowest BCUT2D eigenvalue weighted by Crippen LogP contribution is -2.36. The number of carbonyl (C=O) groups is 3. The van der Waals surface area contributed by atoms with E-state index in [1.54, 1.807) is 4.90 Å². The minimum atomic E-state index is -0.895. The summed E-state index contributed by atoms with van der Waals surface area (Å²) in [6.07, 6.45) is 2.86. The van der Waals surface area contributed by atoms with Gasteiger partial charge in [-0.05, 0) is 25.2 Å². The van der Waals surface area contributed by atoms with Crippen molar-refractivity contribution in [1.82, 2.24) is 10.2 Å². The Kier molecular flexibility index (Phi) is 7.19. The average Bonchev–Trinajstić information content (AvgIpc) is 3.22. The molecule has 2 amide bonds. The van der Waals surface area contributed by atoms with Crippen LogP contribution in [0.3, 0.4) is 0 Å². The van der Waals surface area contributed by atoms with Gasteiger partial charge in [0.25, 0.3) is 0 Å². The average molecular weight is 298 g/mol. The third kappa shape index (κ3) is 7.68. The van der Waals surface area contributed by atoms with Crippen LogP contribution in [0.4, 0.5) is 0 Å². The van der Waals surface area contributed by atoms with Crippen molar-refractivity contribution >= 4 is 17.8 Å². The molecular formula is C15H26N2O4. The lowest BCUT2D eigenvalue weighted by Gasteiger charge is -2.24. The molecule has 0 bridgehead atoms. The smallest absolute Gasteiger partial charge is 0.305 e. The monoisotopic (exact) mass is 298 g/mol. The van der Waals surface area contributed by atoms with Crippen LogP contribution in [-0.2, 0) is 14.4 Å². The van der Waals surface area contributed by atoms with Gasteiger partial charge in [-0.15, -0.1) is 0 Å². The molecule has 0 atom stereocenters. The minimum absolute atomic E-state index is 0.0309. The summed E-state index contributed by atoms with van der Waals surface area (Å²) in [5.74, 6) is -0.350. The van der Waals surface area contributed by atoms with Gasteiger partial charge in [0, 0.05) is 32.0 Å². The van der Waals surface area contributed by atoms with E-state index in [1.807, 2.05) is 13.8 Å². The molecule has 1 aliphatic carbocycles. The zero-order valence-corrected chi connectivity index (χ0v) is 12.9. The number of amides is 2. The Morgan fingerprint density at radius 3 is 2.43 bits per heavy atom. The predicted octanol–water partition coefficient (Wildman–Crippen LogP) is 1.25. The molecule has 120 valence electrons. The van der Waals surface area contributed by atoms with Gasteiger partial charge in [0.15, 0.2) is 0 Å². The van der Waals surface area contributed by atoms with E-state index in [1.165, 1.54) is 0 Å². The maximum Gasteiger partial charge on any atom is 0.305 e. The SMILES string of the molecule is CC(C)CN(CCC(=O)O)C(=O)CCCNC(=O)C1CC1. The molecule has 1 aliphatic rings. The van der Waals surface area contributed by atoms with Gasteiger partial charge >= 0.3 is 5.97 Å². The van der Waals surface area contributed by atoms with Crippen molar-refractivity contribution < 1.29 is 19.5 Å². The van der Waals surface area contributed by atoms with Crippen molar-refractivity contribution in [3.8, 4) is 0 Å². The first-order valence-corrected chi connectivity index (χ1v) is 7.67. The largest absolute Gasteiger partial charge is 0.481 e. The van der Waals surface area contributed by atoms with E-state index in [2.05, 4.69) is 5.32 Å². The highest BCUT2D eigenvalue weighted by Gasteiger charge is 2.29. The maximum absolute atomic E-state index is 12.1. The molecule has 0 saturated heterocycles. The molecule has 2 N–H and O–H groups in total. The van der Waals surface area contributed by atoms with Gasteiger partial charge in [-0.25, -0.2) is 0 Å². The molecule has 1 fully saturated rings. The molecule has 0 aromatic carbocycles. The maximum atomic E-state index is 12.1. The van der Waals surface area contributed by atoms with Crippen molar-refractivity contribution in [2.45, 2.75) is 46.0 Å². The number of hydrogen-bond acceptors (Lipinski definition) is 3. The fraction of sp³-hybridized carbons (Fsp3) is 0.800. The van der Waals surface area contributed by atoms with Gasteiger partial charge < -0.3 is 15.3 Å². The summed E-state index contributed by atoms with van der Waals surface area (Å²) in [4.78, 5) is 35.8. The number of hydrogen-bond donors (Lipinski definition) is 2. The molecular weight excluding hydrogens is 272 g/mol. The molecule has 0 radical (unpaired) electrons. The minimum Gasteiger partial charge on any atom is -0.481 e. The zero-order chi connectivity index (χ0) is 15.8. The second-order valence-electron chi connectivity index (χ2n) is 6.05. The number of carbonyl (C=O) groups excluding carboxylic acids is 2. The Hall–Kier alpha value is -1.59. The summed E-state index contributed by atoms with van der Waals surface area (Å²) >= 11 is 0. The third-order valence-corrected chi connectivity index (χ3v) is 3.35. The van der Waals surface area contributed by atoms with E-state index < -0.39 is 5.97 Å². The number of aliphatic carboxylic acids is 1. The first kappa shape index (κ1) is 17.5. The number of carboxylic acids is 1. The molecule has 0 aliphatic heterocycles. The van der Waals surface area contributed by atoms with Crippen LogP contribution in [-0.4, -0.2) is 47.4 Å². The van der Waals surface area contributed by atoms with Crippen LogP contribution in [0.15, 0.2) is 0 Å². The molecule has 0 unspecified atom stereocenters. The van der Waals surface area contributed by atoms with E-state index in [0.29, 0.717) is 31.8 Å². The van der Waals surface area contributed by atoms with Crippen LogP contribution in [0.25, 0.3) is 0 Å². The van der Waals surface area contributed by atoms with Gasteiger partial charge in [0.05, 0.1) is 6.42 Å². The third-order valence-electron chi connectivity index (χ3n) is 3.35. The summed E-state index contributed by atoms with van der Waals surface area (Å²) in [5, 5.41) is 11.6. The van der Waals surface area contributed by atoms with Gasteiger partial charge in [0.2, 0.25) is 11.8 Å². The predicted molar refractivity (Wildman–Crippen MR) is 78.6 cm³/mol. The number of nitrogens with one attached hydrogen (secondary N) is 1. The van der Waals surface area contributed by atoms with E-state index in [4.69, 9.17) is 5.11 Å². The molecule has 0 aromatic heterocycles. The lowest BCUT2D eigenvalue weighted by atomic mass is 10.1.